The van der Waals surface area contributed by atoms with Gasteiger partial charge in [-0.25, -0.2) is 14.2 Å². The van der Waals surface area contributed by atoms with Crippen molar-refractivity contribution in [3.8, 4) is 5.69 Å². The highest BCUT2D eigenvalue weighted by molar-refractivity contribution is 5.93. The molecule has 0 saturated carbocycles. The molecule has 3 rings (SSSR count). The highest BCUT2D eigenvalue weighted by Crippen LogP contribution is 2.24. The van der Waals surface area contributed by atoms with Gasteiger partial charge in [-0.1, -0.05) is 0 Å². The second kappa shape index (κ2) is 4.70. The summed E-state index contributed by atoms with van der Waals surface area (Å²) in [5.41, 5.74) is 2.93. The summed E-state index contributed by atoms with van der Waals surface area (Å²) in [7, 11) is 0. The molecule has 3 aromatic rings. The van der Waals surface area contributed by atoms with Crippen LogP contribution in [0.4, 0.5) is 4.39 Å². The Bertz CT molecular complexity index is 848. The summed E-state index contributed by atoms with van der Waals surface area (Å²) in [6.07, 6.45) is 0. The number of fused-ring (bicyclic) bond motifs is 1. The zero-order valence-electron chi connectivity index (χ0n) is 11.6. The lowest BCUT2D eigenvalue weighted by molar-refractivity contribution is 0.0697. The van der Waals surface area contributed by atoms with Crippen molar-refractivity contribution in [2.75, 3.05) is 0 Å². The van der Waals surface area contributed by atoms with Crippen LogP contribution in [0.2, 0.25) is 0 Å². The van der Waals surface area contributed by atoms with Gasteiger partial charge in [-0.15, -0.1) is 0 Å². The number of benzene rings is 2. The lowest BCUT2D eigenvalue weighted by atomic mass is 10.2. The van der Waals surface area contributed by atoms with E-state index in [0.717, 1.165) is 5.56 Å². The van der Waals surface area contributed by atoms with Crippen molar-refractivity contribution in [2.24, 2.45) is 0 Å². The molecule has 0 amide bonds. The number of hydrogen-bond acceptors (Lipinski definition) is 2. The first-order chi connectivity index (χ1) is 9.95. The van der Waals surface area contributed by atoms with Gasteiger partial charge in [0.05, 0.1) is 22.3 Å². The molecule has 0 unspecified atom stereocenters. The standard InChI is InChI=1S/C16H13FN2O2/c1-9-5-12(17)8-13(6-9)19-10(2)18-14-4-3-11(16(20)21)7-15(14)19/h3-8H,1-2H3,(H,20,21). The maximum Gasteiger partial charge on any atom is 0.335 e. The van der Waals surface area contributed by atoms with Crippen molar-refractivity contribution in [3.63, 3.8) is 0 Å². The molecule has 0 aliphatic rings. The van der Waals surface area contributed by atoms with Crippen LogP contribution in [0.3, 0.4) is 0 Å². The number of carboxylic acid groups (broad SMARTS) is 1. The van der Waals surface area contributed by atoms with Crippen LogP contribution < -0.4 is 0 Å². The zero-order valence-corrected chi connectivity index (χ0v) is 11.6. The lowest BCUT2D eigenvalue weighted by Crippen LogP contribution is -2.00. The number of rotatable bonds is 2. The van der Waals surface area contributed by atoms with Gasteiger partial charge in [0.25, 0.3) is 0 Å². The van der Waals surface area contributed by atoms with Gasteiger partial charge in [0.15, 0.2) is 0 Å². The van der Waals surface area contributed by atoms with Crippen LogP contribution >= 0.6 is 0 Å². The van der Waals surface area contributed by atoms with Crippen molar-refractivity contribution in [1.29, 1.82) is 0 Å². The number of hydrogen-bond donors (Lipinski definition) is 1. The first-order valence-corrected chi connectivity index (χ1v) is 6.45. The summed E-state index contributed by atoms with van der Waals surface area (Å²) in [5, 5.41) is 9.11. The van der Waals surface area contributed by atoms with Crippen LogP contribution in [-0.4, -0.2) is 20.6 Å². The van der Waals surface area contributed by atoms with Crippen LogP contribution in [0.1, 0.15) is 21.7 Å². The average Bonchev–Trinajstić information content (AvgIpc) is 2.72. The van der Waals surface area contributed by atoms with E-state index in [0.29, 0.717) is 22.5 Å². The zero-order chi connectivity index (χ0) is 15.1. The van der Waals surface area contributed by atoms with Gasteiger partial charge >= 0.3 is 5.97 Å². The van der Waals surface area contributed by atoms with Crippen molar-refractivity contribution >= 4 is 17.0 Å². The smallest absolute Gasteiger partial charge is 0.335 e. The van der Waals surface area contributed by atoms with Gasteiger partial charge in [-0.05, 0) is 55.8 Å². The van der Waals surface area contributed by atoms with E-state index in [9.17, 15) is 9.18 Å². The number of carbonyl (C=O) groups is 1. The number of carboxylic acids is 1. The molecule has 5 heteroatoms. The van der Waals surface area contributed by atoms with E-state index < -0.39 is 5.97 Å². The molecule has 1 heterocycles. The molecule has 0 radical (unpaired) electrons. The van der Waals surface area contributed by atoms with E-state index >= 15 is 0 Å². The lowest BCUT2D eigenvalue weighted by Gasteiger charge is -2.08. The Morgan fingerprint density at radius 3 is 2.62 bits per heavy atom. The number of aryl methyl sites for hydroxylation is 2. The number of halogens is 1. The summed E-state index contributed by atoms with van der Waals surface area (Å²) in [6.45, 7) is 3.62. The predicted molar refractivity (Wildman–Crippen MR) is 77.5 cm³/mol. The normalized spacial score (nSPS) is 11.0. The maximum atomic E-state index is 13.6. The summed E-state index contributed by atoms with van der Waals surface area (Å²) >= 11 is 0. The van der Waals surface area contributed by atoms with E-state index in [1.165, 1.54) is 18.2 Å². The molecule has 106 valence electrons. The molecule has 0 saturated heterocycles. The SMILES string of the molecule is Cc1cc(F)cc(-n2c(C)nc3ccc(C(=O)O)cc32)c1. The van der Waals surface area contributed by atoms with E-state index in [1.807, 2.05) is 13.0 Å². The molecule has 0 fully saturated rings. The van der Waals surface area contributed by atoms with Crippen LogP contribution in [0, 0.1) is 19.7 Å². The molecular weight excluding hydrogens is 271 g/mol. The Balaban J connectivity index is 2.32. The Kier molecular flexibility index (Phi) is 2.97. The van der Waals surface area contributed by atoms with Crippen LogP contribution in [-0.2, 0) is 0 Å². The Morgan fingerprint density at radius 2 is 1.95 bits per heavy atom. The molecule has 21 heavy (non-hydrogen) atoms. The minimum Gasteiger partial charge on any atom is -0.478 e. The summed E-state index contributed by atoms with van der Waals surface area (Å²) in [5.74, 6) is -0.657. The molecule has 0 spiro atoms. The summed E-state index contributed by atoms with van der Waals surface area (Å²) < 4.78 is 15.4. The van der Waals surface area contributed by atoms with Gasteiger partial charge < -0.3 is 5.11 Å². The molecule has 0 atom stereocenters. The Labute approximate surface area is 120 Å². The van der Waals surface area contributed by atoms with Gasteiger partial charge in [0.1, 0.15) is 11.6 Å². The predicted octanol–water partition coefficient (Wildman–Crippen LogP) is 3.48. The van der Waals surface area contributed by atoms with Crippen molar-refractivity contribution in [3.05, 3.63) is 59.2 Å². The first-order valence-electron chi connectivity index (χ1n) is 6.45. The fourth-order valence-corrected chi connectivity index (χ4v) is 2.50. The van der Waals surface area contributed by atoms with Gasteiger partial charge in [0.2, 0.25) is 0 Å². The van der Waals surface area contributed by atoms with Gasteiger partial charge in [-0.2, -0.15) is 0 Å². The third-order valence-corrected chi connectivity index (χ3v) is 3.35. The molecular formula is C16H13FN2O2. The third kappa shape index (κ3) is 2.27. The highest BCUT2D eigenvalue weighted by Gasteiger charge is 2.13. The molecule has 0 bridgehead atoms. The molecule has 1 N–H and O–H groups in total. The molecule has 0 aliphatic heterocycles. The number of aromatic carboxylic acids is 1. The van der Waals surface area contributed by atoms with Crippen LogP contribution in [0.25, 0.3) is 16.7 Å². The van der Waals surface area contributed by atoms with Gasteiger partial charge in [-0.3, -0.25) is 4.57 Å². The quantitative estimate of drug-likeness (QED) is 0.783. The number of aromatic nitrogens is 2. The largest absolute Gasteiger partial charge is 0.478 e. The summed E-state index contributed by atoms with van der Waals surface area (Å²) in [4.78, 5) is 15.5. The van der Waals surface area contributed by atoms with Crippen molar-refractivity contribution < 1.29 is 14.3 Å². The summed E-state index contributed by atoms with van der Waals surface area (Å²) in [6, 6.07) is 9.42. The second-order valence-electron chi connectivity index (χ2n) is 4.99. The van der Waals surface area contributed by atoms with Crippen molar-refractivity contribution in [1.82, 2.24) is 9.55 Å². The highest BCUT2D eigenvalue weighted by atomic mass is 19.1. The third-order valence-electron chi connectivity index (χ3n) is 3.35. The molecule has 4 nitrogen and oxygen atoms in total. The number of imidazole rings is 1. The molecule has 0 aliphatic carbocycles. The Hall–Kier alpha value is -2.69. The average molecular weight is 284 g/mol. The van der Waals surface area contributed by atoms with E-state index in [-0.39, 0.29) is 11.4 Å². The minimum absolute atomic E-state index is 0.178. The monoisotopic (exact) mass is 284 g/mol. The molecule has 1 aromatic heterocycles. The topological polar surface area (TPSA) is 55.1 Å². The van der Waals surface area contributed by atoms with E-state index in [1.54, 1.807) is 23.6 Å². The van der Waals surface area contributed by atoms with Crippen molar-refractivity contribution in [2.45, 2.75) is 13.8 Å². The second-order valence-corrected chi connectivity index (χ2v) is 4.99. The van der Waals surface area contributed by atoms with Crippen LogP contribution in [0.15, 0.2) is 36.4 Å². The van der Waals surface area contributed by atoms with Gasteiger partial charge in [0, 0.05) is 0 Å². The molecule has 2 aromatic carbocycles. The maximum absolute atomic E-state index is 13.6. The Morgan fingerprint density at radius 1 is 1.19 bits per heavy atom. The minimum atomic E-state index is -1.00. The van der Waals surface area contributed by atoms with E-state index in [2.05, 4.69) is 4.98 Å². The fourth-order valence-electron chi connectivity index (χ4n) is 2.50. The number of nitrogens with zero attached hydrogens (tertiary/aromatic N) is 2. The van der Waals surface area contributed by atoms with E-state index in [4.69, 9.17) is 5.11 Å². The van der Waals surface area contributed by atoms with Crippen LogP contribution in [0.5, 0.6) is 0 Å². The fraction of sp³-hybridized carbons (Fsp3) is 0.125. The first kappa shape index (κ1) is 13.3.